The number of alkyl halides is 1. The zero-order chi connectivity index (χ0) is 9.68. The standard InChI is InChI=1S/C8H8ClN3O/c1-13-8-5-11-4-7(12-8)6(2-9)3-10/h4-6H,2H2,1H3. The summed E-state index contributed by atoms with van der Waals surface area (Å²) in [5.41, 5.74) is 0.539. The molecule has 1 atom stereocenters. The van der Waals surface area contributed by atoms with Gasteiger partial charge in [-0.3, -0.25) is 4.98 Å². The average molecular weight is 198 g/mol. The van der Waals surface area contributed by atoms with Crippen molar-refractivity contribution in [3.8, 4) is 11.9 Å². The van der Waals surface area contributed by atoms with Gasteiger partial charge in [0.15, 0.2) is 0 Å². The van der Waals surface area contributed by atoms with Gasteiger partial charge < -0.3 is 4.74 Å². The van der Waals surface area contributed by atoms with Gasteiger partial charge in [0.2, 0.25) is 5.88 Å². The van der Waals surface area contributed by atoms with Crippen molar-refractivity contribution in [3.63, 3.8) is 0 Å². The van der Waals surface area contributed by atoms with Crippen molar-refractivity contribution in [1.29, 1.82) is 5.26 Å². The minimum absolute atomic E-state index is 0.207. The van der Waals surface area contributed by atoms with Gasteiger partial charge in [0.25, 0.3) is 0 Å². The zero-order valence-electron chi connectivity index (χ0n) is 7.07. The Hall–Kier alpha value is -1.34. The SMILES string of the molecule is COc1cncc(C(C#N)CCl)n1. The molecule has 1 rings (SSSR count). The molecule has 4 nitrogen and oxygen atoms in total. The predicted octanol–water partition coefficient (Wildman–Crippen LogP) is 1.33. The number of methoxy groups -OCH3 is 1. The second-order valence-electron chi connectivity index (χ2n) is 2.32. The number of hydrogen-bond acceptors (Lipinski definition) is 4. The molecule has 0 aliphatic heterocycles. The van der Waals surface area contributed by atoms with E-state index in [1.165, 1.54) is 19.5 Å². The first-order valence-corrected chi connectivity index (χ1v) is 4.16. The number of halogens is 1. The van der Waals surface area contributed by atoms with Gasteiger partial charge in [-0.15, -0.1) is 11.6 Å². The molecule has 1 aromatic heterocycles. The van der Waals surface area contributed by atoms with E-state index in [9.17, 15) is 0 Å². The smallest absolute Gasteiger partial charge is 0.232 e. The first-order valence-electron chi connectivity index (χ1n) is 3.63. The number of nitrogens with zero attached hydrogens (tertiary/aromatic N) is 3. The number of nitriles is 1. The summed E-state index contributed by atoms with van der Waals surface area (Å²) < 4.78 is 4.87. The molecule has 1 unspecified atom stereocenters. The fourth-order valence-electron chi connectivity index (χ4n) is 0.808. The summed E-state index contributed by atoms with van der Waals surface area (Å²) in [6, 6.07) is 2.03. The summed E-state index contributed by atoms with van der Waals surface area (Å²) >= 11 is 5.57. The molecule has 0 saturated heterocycles. The molecule has 0 saturated carbocycles. The third-order valence-corrected chi connectivity index (χ3v) is 1.82. The van der Waals surface area contributed by atoms with Gasteiger partial charge >= 0.3 is 0 Å². The quantitative estimate of drug-likeness (QED) is 0.686. The fraction of sp³-hybridized carbons (Fsp3) is 0.375. The van der Waals surface area contributed by atoms with Crippen LogP contribution < -0.4 is 4.74 Å². The number of hydrogen-bond donors (Lipinski definition) is 0. The molecule has 1 heterocycles. The van der Waals surface area contributed by atoms with Crippen LogP contribution >= 0.6 is 11.6 Å². The molecule has 0 amide bonds. The van der Waals surface area contributed by atoms with Crippen LogP contribution in [-0.4, -0.2) is 23.0 Å². The lowest BCUT2D eigenvalue weighted by molar-refractivity contribution is 0.393. The summed E-state index contributed by atoms with van der Waals surface area (Å²) in [5.74, 6) is 0.172. The van der Waals surface area contributed by atoms with Crippen LogP contribution in [0.15, 0.2) is 12.4 Å². The maximum atomic E-state index is 8.70. The van der Waals surface area contributed by atoms with Crippen molar-refractivity contribution < 1.29 is 4.74 Å². The lowest BCUT2D eigenvalue weighted by Crippen LogP contribution is -2.02. The van der Waals surface area contributed by atoms with E-state index in [4.69, 9.17) is 21.6 Å². The molecule has 68 valence electrons. The highest BCUT2D eigenvalue weighted by atomic mass is 35.5. The highest BCUT2D eigenvalue weighted by Gasteiger charge is 2.11. The average Bonchev–Trinajstić information content (AvgIpc) is 2.20. The van der Waals surface area contributed by atoms with Gasteiger partial charge in [0.1, 0.15) is 5.92 Å². The maximum absolute atomic E-state index is 8.70. The van der Waals surface area contributed by atoms with Gasteiger partial charge in [0, 0.05) is 5.88 Å². The molecule has 1 aromatic rings. The Bertz CT molecular complexity index is 323. The van der Waals surface area contributed by atoms with Crippen LogP contribution in [-0.2, 0) is 0 Å². The van der Waals surface area contributed by atoms with Crippen molar-refractivity contribution in [2.24, 2.45) is 0 Å². The molecule has 0 fully saturated rings. The van der Waals surface area contributed by atoms with Crippen molar-refractivity contribution >= 4 is 11.6 Å². The first-order chi connectivity index (χ1) is 6.31. The van der Waals surface area contributed by atoms with Crippen LogP contribution in [0.1, 0.15) is 11.6 Å². The summed E-state index contributed by atoms with van der Waals surface area (Å²) in [6.07, 6.45) is 2.99. The molecule has 0 aliphatic carbocycles. The van der Waals surface area contributed by atoms with E-state index in [2.05, 4.69) is 9.97 Å². The van der Waals surface area contributed by atoms with Crippen LogP contribution in [0.25, 0.3) is 0 Å². The Morgan fingerprint density at radius 2 is 2.46 bits per heavy atom. The van der Waals surface area contributed by atoms with E-state index >= 15 is 0 Å². The monoisotopic (exact) mass is 197 g/mol. The summed E-state index contributed by atoms with van der Waals surface area (Å²) in [7, 11) is 1.50. The van der Waals surface area contributed by atoms with Crippen LogP contribution in [0.5, 0.6) is 5.88 Å². The Kier molecular flexibility index (Phi) is 3.47. The molecule has 0 bridgehead atoms. The Balaban J connectivity index is 2.94. The minimum Gasteiger partial charge on any atom is -0.480 e. The lowest BCUT2D eigenvalue weighted by Gasteiger charge is -2.04. The van der Waals surface area contributed by atoms with Crippen LogP contribution in [0, 0.1) is 11.3 Å². The second-order valence-corrected chi connectivity index (χ2v) is 2.63. The predicted molar refractivity (Wildman–Crippen MR) is 47.7 cm³/mol. The van der Waals surface area contributed by atoms with Gasteiger partial charge in [0.05, 0.1) is 31.3 Å². The third kappa shape index (κ3) is 2.30. The van der Waals surface area contributed by atoms with Crippen molar-refractivity contribution in [2.75, 3.05) is 13.0 Å². The molecule has 0 spiro atoms. The van der Waals surface area contributed by atoms with Crippen molar-refractivity contribution in [3.05, 3.63) is 18.1 Å². The largest absolute Gasteiger partial charge is 0.480 e. The van der Waals surface area contributed by atoms with Crippen LogP contribution in [0.4, 0.5) is 0 Å². The van der Waals surface area contributed by atoms with E-state index in [1.54, 1.807) is 0 Å². The van der Waals surface area contributed by atoms with E-state index in [-0.39, 0.29) is 5.88 Å². The zero-order valence-corrected chi connectivity index (χ0v) is 7.82. The molecule has 0 radical (unpaired) electrons. The van der Waals surface area contributed by atoms with E-state index in [1.807, 2.05) is 6.07 Å². The topological polar surface area (TPSA) is 58.8 Å². The molecule has 5 heteroatoms. The van der Waals surface area contributed by atoms with Crippen LogP contribution in [0.2, 0.25) is 0 Å². The third-order valence-electron chi connectivity index (χ3n) is 1.51. The summed E-state index contributed by atoms with van der Waals surface area (Å²) in [4.78, 5) is 7.92. The lowest BCUT2D eigenvalue weighted by atomic mass is 10.1. The van der Waals surface area contributed by atoms with Gasteiger partial charge in [-0.05, 0) is 0 Å². The minimum atomic E-state index is -0.427. The van der Waals surface area contributed by atoms with E-state index in [0.717, 1.165) is 0 Å². The first kappa shape index (κ1) is 9.75. The Morgan fingerprint density at radius 3 is 3.00 bits per heavy atom. The molecule has 0 N–H and O–H groups in total. The fourth-order valence-corrected chi connectivity index (χ4v) is 1.04. The molecule has 0 aromatic carbocycles. The van der Waals surface area contributed by atoms with Crippen molar-refractivity contribution in [1.82, 2.24) is 9.97 Å². The summed E-state index contributed by atoms with van der Waals surface area (Å²) in [5, 5.41) is 8.70. The second kappa shape index (κ2) is 4.63. The molecular weight excluding hydrogens is 190 g/mol. The van der Waals surface area contributed by atoms with E-state index < -0.39 is 5.92 Å². The van der Waals surface area contributed by atoms with Gasteiger partial charge in [-0.1, -0.05) is 0 Å². The van der Waals surface area contributed by atoms with Gasteiger partial charge in [-0.25, -0.2) is 4.98 Å². The highest BCUT2D eigenvalue weighted by molar-refractivity contribution is 6.18. The molecule has 0 aliphatic rings. The number of aromatic nitrogens is 2. The molecular formula is C8H8ClN3O. The van der Waals surface area contributed by atoms with Crippen LogP contribution in [0.3, 0.4) is 0 Å². The highest BCUT2D eigenvalue weighted by Crippen LogP contribution is 2.15. The maximum Gasteiger partial charge on any atom is 0.232 e. The Morgan fingerprint density at radius 1 is 1.69 bits per heavy atom. The number of ether oxygens (including phenoxy) is 1. The van der Waals surface area contributed by atoms with E-state index in [0.29, 0.717) is 11.6 Å². The number of rotatable bonds is 3. The molecule has 13 heavy (non-hydrogen) atoms. The normalized spacial score (nSPS) is 11.8. The summed E-state index contributed by atoms with van der Waals surface area (Å²) in [6.45, 7) is 0. The van der Waals surface area contributed by atoms with Gasteiger partial charge in [-0.2, -0.15) is 5.26 Å². The Labute approximate surface area is 81.1 Å². The van der Waals surface area contributed by atoms with Crippen molar-refractivity contribution in [2.45, 2.75) is 5.92 Å².